The molecule has 0 aliphatic rings. The minimum Gasteiger partial charge on any atom is -0.258 e. The number of aryl methyl sites for hydroxylation is 1. The Hall–Kier alpha value is -0.290. The molecule has 2 rings (SSSR count). The summed E-state index contributed by atoms with van der Waals surface area (Å²) in [5, 5.41) is 6.26. The molecule has 0 aliphatic heterocycles. The molecule has 1 heterocycles. The summed E-state index contributed by atoms with van der Waals surface area (Å²) in [4.78, 5) is 0. The zero-order valence-electron chi connectivity index (χ0n) is 7.09. The van der Waals surface area contributed by atoms with Crippen molar-refractivity contribution in [3.8, 4) is 0 Å². The molecular formula is C9H8ClIN2. The fourth-order valence-electron chi connectivity index (χ4n) is 1.31. The first-order chi connectivity index (χ1) is 6.24. The predicted octanol–water partition coefficient (Wildman–Crippen LogP) is 3.31. The molecule has 1 aromatic carbocycles. The van der Waals surface area contributed by atoms with Crippen molar-refractivity contribution >= 4 is 45.1 Å². The molecule has 0 saturated carbocycles. The number of hydrogen-bond acceptors (Lipinski definition) is 1. The number of benzene rings is 1. The normalized spacial score (nSPS) is 11.0. The molecule has 0 N–H and O–H groups in total. The summed E-state index contributed by atoms with van der Waals surface area (Å²) in [5.74, 6) is 0. The molecule has 1 aromatic heterocycles. The first kappa shape index (κ1) is 9.27. The lowest BCUT2D eigenvalue weighted by atomic mass is 10.3. The summed E-state index contributed by atoms with van der Waals surface area (Å²) in [6.45, 7) is 2.95. The van der Waals surface area contributed by atoms with Gasteiger partial charge in [-0.05, 0) is 41.6 Å². The highest BCUT2D eigenvalue weighted by molar-refractivity contribution is 14.1. The number of hydrogen-bond donors (Lipinski definition) is 0. The van der Waals surface area contributed by atoms with Crippen molar-refractivity contribution < 1.29 is 0 Å². The van der Waals surface area contributed by atoms with Gasteiger partial charge in [0.05, 0.1) is 15.9 Å². The summed E-state index contributed by atoms with van der Waals surface area (Å²) >= 11 is 8.35. The van der Waals surface area contributed by atoms with E-state index in [2.05, 4.69) is 34.6 Å². The minimum absolute atomic E-state index is 0.779. The molecule has 2 aromatic rings. The van der Waals surface area contributed by atoms with Crippen LogP contribution in [0.1, 0.15) is 6.92 Å². The van der Waals surface area contributed by atoms with Crippen molar-refractivity contribution in [2.24, 2.45) is 0 Å². The molecule has 0 atom stereocenters. The Bertz CT molecular complexity index is 450. The van der Waals surface area contributed by atoms with Crippen LogP contribution in [0.25, 0.3) is 10.9 Å². The zero-order chi connectivity index (χ0) is 9.42. The van der Waals surface area contributed by atoms with Gasteiger partial charge in [-0.15, -0.1) is 0 Å². The topological polar surface area (TPSA) is 17.8 Å². The second-order valence-electron chi connectivity index (χ2n) is 2.74. The zero-order valence-corrected chi connectivity index (χ0v) is 10.0. The molecule has 0 bridgehead atoms. The SMILES string of the molecule is CCn1nc2cccc(Cl)c2c1I. The first-order valence-electron chi connectivity index (χ1n) is 4.04. The average molecular weight is 307 g/mol. The second kappa shape index (κ2) is 3.46. The fraction of sp³-hybridized carbons (Fsp3) is 0.222. The number of fused-ring (bicyclic) bond motifs is 1. The predicted molar refractivity (Wildman–Crippen MR) is 63.1 cm³/mol. The molecule has 0 fully saturated rings. The van der Waals surface area contributed by atoms with Gasteiger partial charge >= 0.3 is 0 Å². The van der Waals surface area contributed by atoms with Crippen LogP contribution in [0.5, 0.6) is 0 Å². The van der Waals surface area contributed by atoms with Crippen LogP contribution in [0.4, 0.5) is 0 Å². The summed E-state index contributed by atoms with van der Waals surface area (Å²) in [5.41, 5.74) is 0.971. The summed E-state index contributed by atoms with van der Waals surface area (Å²) in [7, 11) is 0. The van der Waals surface area contributed by atoms with Crippen molar-refractivity contribution in [1.82, 2.24) is 9.78 Å². The maximum atomic E-state index is 6.07. The van der Waals surface area contributed by atoms with Crippen LogP contribution < -0.4 is 0 Å². The lowest BCUT2D eigenvalue weighted by molar-refractivity contribution is 0.652. The van der Waals surface area contributed by atoms with Crippen molar-refractivity contribution in [1.29, 1.82) is 0 Å². The Morgan fingerprint density at radius 3 is 2.92 bits per heavy atom. The van der Waals surface area contributed by atoms with Crippen LogP contribution in [0, 0.1) is 3.70 Å². The lowest BCUT2D eigenvalue weighted by Crippen LogP contribution is -1.97. The molecule has 2 nitrogen and oxygen atoms in total. The summed E-state index contributed by atoms with van der Waals surface area (Å²) in [6.07, 6.45) is 0. The highest BCUT2D eigenvalue weighted by atomic mass is 127. The van der Waals surface area contributed by atoms with Gasteiger partial charge in [-0.2, -0.15) is 5.10 Å². The Morgan fingerprint density at radius 2 is 2.31 bits per heavy atom. The van der Waals surface area contributed by atoms with Crippen LogP contribution >= 0.6 is 34.2 Å². The van der Waals surface area contributed by atoms with Gasteiger partial charge in [0.15, 0.2) is 0 Å². The lowest BCUT2D eigenvalue weighted by Gasteiger charge is -1.95. The smallest absolute Gasteiger partial charge is 0.108 e. The van der Waals surface area contributed by atoms with Crippen LogP contribution in [0.2, 0.25) is 5.02 Å². The third-order valence-corrected chi connectivity index (χ3v) is 3.36. The Morgan fingerprint density at radius 1 is 1.54 bits per heavy atom. The van der Waals surface area contributed by atoms with Gasteiger partial charge in [0.1, 0.15) is 3.70 Å². The van der Waals surface area contributed by atoms with Gasteiger partial charge in [-0.3, -0.25) is 4.68 Å². The maximum absolute atomic E-state index is 6.07. The van der Waals surface area contributed by atoms with Gasteiger partial charge in [0, 0.05) is 6.54 Å². The van der Waals surface area contributed by atoms with E-state index in [-0.39, 0.29) is 0 Å². The molecular weight excluding hydrogens is 298 g/mol. The van der Waals surface area contributed by atoms with Crippen molar-refractivity contribution in [2.75, 3.05) is 0 Å². The van der Waals surface area contributed by atoms with Crippen LogP contribution in [0.3, 0.4) is 0 Å². The van der Waals surface area contributed by atoms with E-state index >= 15 is 0 Å². The third kappa shape index (κ3) is 1.44. The largest absolute Gasteiger partial charge is 0.258 e. The van der Waals surface area contributed by atoms with E-state index in [1.165, 1.54) is 0 Å². The average Bonchev–Trinajstić information content (AvgIpc) is 2.44. The molecule has 0 spiro atoms. The van der Waals surface area contributed by atoms with E-state index in [1.54, 1.807) is 0 Å². The Labute approximate surface area is 95.0 Å². The number of nitrogens with zero attached hydrogens (tertiary/aromatic N) is 2. The Balaban J connectivity index is 2.85. The number of halogens is 2. The van der Waals surface area contributed by atoms with E-state index in [4.69, 9.17) is 11.6 Å². The molecule has 68 valence electrons. The number of rotatable bonds is 1. The van der Waals surface area contributed by atoms with Gasteiger partial charge in [0.2, 0.25) is 0 Å². The standard InChI is InChI=1S/C9H8ClIN2/c1-2-13-9(11)8-6(10)4-3-5-7(8)12-13/h3-5H,2H2,1H3. The highest BCUT2D eigenvalue weighted by Crippen LogP contribution is 2.27. The monoisotopic (exact) mass is 306 g/mol. The van der Waals surface area contributed by atoms with Crippen molar-refractivity contribution in [2.45, 2.75) is 13.5 Å². The van der Waals surface area contributed by atoms with Gasteiger partial charge in [-0.1, -0.05) is 17.7 Å². The van der Waals surface area contributed by atoms with Crippen LogP contribution in [-0.4, -0.2) is 9.78 Å². The second-order valence-corrected chi connectivity index (χ2v) is 4.17. The molecule has 0 radical (unpaired) electrons. The molecule has 4 heteroatoms. The molecule has 0 unspecified atom stereocenters. The van der Waals surface area contributed by atoms with Crippen LogP contribution in [0.15, 0.2) is 18.2 Å². The Kier molecular flexibility index (Phi) is 2.47. The van der Waals surface area contributed by atoms with Crippen molar-refractivity contribution in [3.63, 3.8) is 0 Å². The first-order valence-corrected chi connectivity index (χ1v) is 5.50. The third-order valence-electron chi connectivity index (χ3n) is 1.95. The quantitative estimate of drug-likeness (QED) is 0.739. The highest BCUT2D eigenvalue weighted by Gasteiger charge is 2.09. The van der Waals surface area contributed by atoms with Gasteiger partial charge in [0.25, 0.3) is 0 Å². The van der Waals surface area contributed by atoms with E-state index in [9.17, 15) is 0 Å². The summed E-state index contributed by atoms with van der Waals surface area (Å²) < 4.78 is 3.07. The van der Waals surface area contributed by atoms with Gasteiger partial charge in [-0.25, -0.2) is 0 Å². The van der Waals surface area contributed by atoms with E-state index < -0.39 is 0 Å². The fourth-order valence-corrected chi connectivity index (χ4v) is 2.75. The number of aromatic nitrogens is 2. The molecule has 0 aliphatic carbocycles. The van der Waals surface area contributed by atoms with E-state index in [0.717, 1.165) is 26.2 Å². The van der Waals surface area contributed by atoms with E-state index in [0.29, 0.717) is 0 Å². The minimum atomic E-state index is 0.779. The molecule has 0 amide bonds. The van der Waals surface area contributed by atoms with Crippen molar-refractivity contribution in [3.05, 3.63) is 26.9 Å². The maximum Gasteiger partial charge on any atom is 0.108 e. The molecule has 13 heavy (non-hydrogen) atoms. The van der Waals surface area contributed by atoms with Crippen LogP contribution in [-0.2, 0) is 6.54 Å². The summed E-state index contributed by atoms with van der Waals surface area (Å²) in [6, 6.07) is 5.80. The molecule has 0 saturated heterocycles. The van der Waals surface area contributed by atoms with E-state index in [1.807, 2.05) is 22.9 Å². The van der Waals surface area contributed by atoms with Gasteiger partial charge < -0.3 is 0 Å².